The van der Waals surface area contributed by atoms with Crippen molar-refractivity contribution in [2.75, 3.05) is 20.9 Å². The van der Waals surface area contributed by atoms with Crippen LogP contribution in [-0.2, 0) is 6.54 Å². The summed E-state index contributed by atoms with van der Waals surface area (Å²) in [5, 5.41) is 0. The Labute approximate surface area is 114 Å². The van der Waals surface area contributed by atoms with Gasteiger partial charge < -0.3 is 9.47 Å². The first-order valence-electron chi connectivity index (χ1n) is 5.11. The highest BCUT2D eigenvalue weighted by molar-refractivity contribution is 9.09. The van der Waals surface area contributed by atoms with Crippen molar-refractivity contribution in [3.8, 4) is 11.5 Å². The Hall–Kier alpha value is -0.430. The van der Waals surface area contributed by atoms with Gasteiger partial charge in [-0.3, -0.25) is 4.90 Å². The van der Waals surface area contributed by atoms with Gasteiger partial charge in [-0.15, -0.1) is 0 Å². The number of hydrogen-bond donors (Lipinski definition) is 0. The quantitative estimate of drug-likeness (QED) is 0.628. The van der Waals surface area contributed by atoms with Gasteiger partial charge in [0.2, 0.25) is 0 Å². The summed E-state index contributed by atoms with van der Waals surface area (Å²) >= 11 is 5.05. The molecule has 1 aliphatic heterocycles. The Bertz CT molecular complexity index is 392. The van der Waals surface area contributed by atoms with Gasteiger partial charge in [-0.1, -0.05) is 6.07 Å². The second kappa shape index (κ2) is 5.95. The van der Waals surface area contributed by atoms with Gasteiger partial charge in [0.15, 0.2) is 0 Å². The summed E-state index contributed by atoms with van der Waals surface area (Å²) in [7, 11) is 3.33. The second-order valence-electron chi connectivity index (χ2n) is 3.59. The lowest BCUT2D eigenvalue weighted by Gasteiger charge is -2.16. The van der Waals surface area contributed by atoms with Gasteiger partial charge in [0.25, 0.3) is 0 Å². The standard InChI is InChI=1S/C11H14BrN2O2S/c1-15-10-4-3-9(11(5-10)16-2)6-13-7-14(12)17-8-13/h3-5,8H,6-7H2,1-2H3. The predicted molar refractivity (Wildman–Crippen MR) is 72.6 cm³/mol. The van der Waals surface area contributed by atoms with Crippen LogP contribution in [0.3, 0.4) is 0 Å². The number of halogens is 1. The topological polar surface area (TPSA) is 24.9 Å². The highest BCUT2D eigenvalue weighted by atomic mass is 79.9. The summed E-state index contributed by atoms with van der Waals surface area (Å²) < 4.78 is 12.5. The minimum atomic E-state index is 0.812. The van der Waals surface area contributed by atoms with Gasteiger partial charge in [0.05, 0.1) is 26.8 Å². The van der Waals surface area contributed by atoms with Crippen LogP contribution in [-0.4, -0.2) is 29.1 Å². The molecule has 1 aliphatic rings. The molecule has 4 nitrogen and oxygen atoms in total. The minimum absolute atomic E-state index is 0.812. The van der Waals surface area contributed by atoms with Crippen LogP contribution < -0.4 is 9.47 Å². The Morgan fingerprint density at radius 1 is 1.35 bits per heavy atom. The summed E-state index contributed by atoms with van der Waals surface area (Å²) in [6, 6.07) is 5.89. The smallest absolute Gasteiger partial charge is 0.127 e. The van der Waals surface area contributed by atoms with Crippen molar-refractivity contribution in [3.63, 3.8) is 0 Å². The fraction of sp³-hybridized carbons (Fsp3) is 0.364. The Morgan fingerprint density at radius 2 is 2.18 bits per heavy atom. The maximum absolute atomic E-state index is 5.37. The summed E-state index contributed by atoms with van der Waals surface area (Å²) in [6.45, 7) is 1.67. The van der Waals surface area contributed by atoms with Crippen molar-refractivity contribution in [2.24, 2.45) is 0 Å². The number of nitrogens with zero attached hydrogens (tertiary/aromatic N) is 2. The van der Waals surface area contributed by atoms with Crippen LogP contribution in [0, 0.1) is 5.88 Å². The van der Waals surface area contributed by atoms with Crippen LogP contribution in [0.1, 0.15) is 5.56 Å². The van der Waals surface area contributed by atoms with E-state index in [2.05, 4.69) is 26.9 Å². The molecule has 1 aromatic rings. The van der Waals surface area contributed by atoms with Gasteiger partial charge in [-0.05, 0) is 18.0 Å². The van der Waals surface area contributed by atoms with E-state index in [4.69, 9.17) is 9.47 Å². The van der Waals surface area contributed by atoms with E-state index in [1.54, 1.807) is 26.2 Å². The fourth-order valence-corrected chi connectivity index (χ4v) is 2.72. The molecule has 0 amide bonds. The molecule has 1 fully saturated rings. The van der Waals surface area contributed by atoms with Crippen LogP contribution in [0.15, 0.2) is 18.2 Å². The first-order chi connectivity index (χ1) is 8.22. The molecular weight excluding hydrogens is 304 g/mol. The molecule has 6 heteroatoms. The number of methoxy groups -OCH3 is 2. The largest absolute Gasteiger partial charge is 0.497 e. The van der Waals surface area contributed by atoms with Crippen molar-refractivity contribution in [3.05, 3.63) is 29.6 Å². The van der Waals surface area contributed by atoms with Crippen LogP contribution in [0.4, 0.5) is 0 Å². The molecule has 93 valence electrons. The lowest BCUT2D eigenvalue weighted by Crippen LogP contribution is -2.18. The molecule has 1 saturated heterocycles. The molecule has 0 N–H and O–H groups in total. The van der Waals surface area contributed by atoms with E-state index in [9.17, 15) is 0 Å². The fourth-order valence-electron chi connectivity index (χ4n) is 1.62. The van der Waals surface area contributed by atoms with Crippen molar-refractivity contribution >= 4 is 28.1 Å². The highest BCUT2D eigenvalue weighted by Crippen LogP contribution is 2.32. The molecule has 17 heavy (non-hydrogen) atoms. The molecule has 0 aromatic heterocycles. The van der Waals surface area contributed by atoms with Gasteiger partial charge >= 0.3 is 0 Å². The van der Waals surface area contributed by atoms with Crippen LogP contribution in [0.2, 0.25) is 0 Å². The van der Waals surface area contributed by atoms with E-state index >= 15 is 0 Å². The first kappa shape index (κ1) is 13.0. The Morgan fingerprint density at radius 3 is 2.76 bits per heavy atom. The third kappa shape index (κ3) is 3.28. The molecule has 0 aliphatic carbocycles. The maximum atomic E-state index is 5.37. The normalized spacial score (nSPS) is 17.4. The monoisotopic (exact) mass is 317 g/mol. The Balaban J connectivity index is 2.09. The minimum Gasteiger partial charge on any atom is -0.497 e. The van der Waals surface area contributed by atoms with Gasteiger partial charge in [-0.25, -0.2) is 0 Å². The summed E-state index contributed by atoms with van der Waals surface area (Å²) in [5.74, 6) is 3.75. The van der Waals surface area contributed by atoms with E-state index < -0.39 is 0 Å². The summed E-state index contributed by atoms with van der Waals surface area (Å²) in [4.78, 5) is 2.20. The summed E-state index contributed by atoms with van der Waals surface area (Å²) in [5.41, 5.74) is 1.15. The van der Waals surface area contributed by atoms with E-state index in [1.807, 2.05) is 21.5 Å². The second-order valence-corrected chi connectivity index (χ2v) is 5.78. The lowest BCUT2D eigenvalue weighted by atomic mass is 10.2. The molecule has 1 aromatic carbocycles. The summed E-state index contributed by atoms with van der Waals surface area (Å²) in [6.07, 6.45) is 0. The molecule has 0 saturated carbocycles. The zero-order chi connectivity index (χ0) is 12.3. The van der Waals surface area contributed by atoms with Crippen molar-refractivity contribution < 1.29 is 9.47 Å². The van der Waals surface area contributed by atoms with E-state index in [0.717, 1.165) is 30.3 Å². The van der Waals surface area contributed by atoms with Crippen LogP contribution >= 0.6 is 28.1 Å². The van der Waals surface area contributed by atoms with Gasteiger partial charge in [0, 0.05) is 34.3 Å². The maximum Gasteiger partial charge on any atom is 0.127 e. The average Bonchev–Trinajstić information content (AvgIpc) is 2.75. The van der Waals surface area contributed by atoms with E-state index in [1.165, 1.54) is 0 Å². The predicted octanol–water partition coefficient (Wildman–Crippen LogP) is 2.86. The van der Waals surface area contributed by atoms with Gasteiger partial charge in [-0.2, -0.15) is 3.33 Å². The van der Waals surface area contributed by atoms with Crippen LogP contribution in [0.25, 0.3) is 0 Å². The van der Waals surface area contributed by atoms with Gasteiger partial charge in [0.1, 0.15) is 11.5 Å². The number of hydrogen-bond acceptors (Lipinski definition) is 5. The van der Waals surface area contributed by atoms with Crippen molar-refractivity contribution in [1.29, 1.82) is 0 Å². The number of ether oxygens (including phenoxy) is 2. The zero-order valence-corrected chi connectivity index (χ0v) is 12.1. The Kier molecular flexibility index (Phi) is 4.55. The van der Waals surface area contributed by atoms with E-state index in [0.29, 0.717) is 0 Å². The average molecular weight is 318 g/mol. The third-order valence-corrected chi connectivity index (χ3v) is 3.93. The number of benzene rings is 1. The molecular formula is C11H14BrN2O2S. The molecule has 0 bridgehead atoms. The molecule has 0 unspecified atom stereocenters. The van der Waals surface area contributed by atoms with E-state index in [-0.39, 0.29) is 0 Å². The van der Waals surface area contributed by atoms with Crippen molar-refractivity contribution in [1.82, 2.24) is 8.23 Å². The third-order valence-electron chi connectivity index (χ3n) is 2.47. The molecule has 1 radical (unpaired) electrons. The molecule has 2 rings (SSSR count). The SMILES string of the molecule is COc1ccc(CN2[CH]SN(Br)C2)c(OC)c1. The lowest BCUT2D eigenvalue weighted by molar-refractivity contribution is 0.328. The van der Waals surface area contributed by atoms with Crippen molar-refractivity contribution in [2.45, 2.75) is 6.54 Å². The molecule has 1 heterocycles. The first-order valence-corrected chi connectivity index (χ1v) is 6.66. The number of rotatable bonds is 4. The highest BCUT2D eigenvalue weighted by Gasteiger charge is 2.20. The van der Waals surface area contributed by atoms with Crippen LogP contribution in [0.5, 0.6) is 11.5 Å². The zero-order valence-electron chi connectivity index (χ0n) is 9.72. The molecule has 0 spiro atoms. The molecule has 0 atom stereocenters.